The topological polar surface area (TPSA) is 53.4 Å². The first-order chi connectivity index (χ1) is 8.15. The number of nitrogens with zero attached hydrogens (tertiary/aromatic N) is 2. The van der Waals surface area contributed by atoms with Crippen molar-refractivity contribution in [3.05, 3.63) is 29.6 Å². The molecular formula is C13H20N2O2. The van der Waals surface area contributed by atoms with Crippen LogP contribution in [0.25, 0.3) is 0 Å². The fraction of sp³-hybridized carbons (Fsp3) is 0.538. The van der Waals surface area contributed by atoms with E-state index in [9.17, 15) is 4.79 Å². The second-order valence-electron chi connectivity index (χ2n) is 4.26. The molecule has 1 heterocycles. The summed E-state index contributed by atoms with van der Waals surface area (Å²) in [7, 11) is 1.80. The van der Waals surface area contributed by atoms with Gasteiger partial charge in [0.05, 0.1) is 5.56 Å². The smallest absolute Gasteiger partial charge is 0.255 e. The van der Waals surface area contributed by atoms with Crippen molar-refractivity contribution in [2.75, 3.05) is 20.2 Å². The van der Waals surface area contributed by atoms with Crippen LogP contribution in [0.4, 0.5) is 0 Å². The quantitative estimate of drug-likeness (QED) is 0.764. The summed E-state index contributed by atoms with van der Waals surface area (Å²) in [6.45, 7) is 2.86. The third-order valence-corrected chi connectivity index (χ3v) is 2.62. The molecule has 4 heteroatoms. The van der Waals surface area contributed by atoms with Gasteiger partial charge in [0, 0.05) is 32.6 Å². The number of aryl methyl sites for hydroxylation is 1. The van der Waals surface area contributed by atoms with Gasteiger partial charge in [0.1, 0.15) is 0 Å². The van der Waals surface area contributed by atoms with E-state index in [4.69, 9.17) is 5.11 Å². The van der Waals surface area contributed by atoms with Crippen LogP contribution in [0.2, 0.25) is 0 Å². The first kappa shape index (κ1) is 13.6. The Hall–Kier alpha value is -1.42. The zero-order valence-electron chi connectivity index (χ0n) is 10.5. The highest BCUT2D eigenvalue weighted by Crippen LogP contribution is 2.06. The van der Waals surface area contributed by atoms with Gasteiger partial charge in [-0.25, -0.2) is 0 Å². The van der Waals surface area contributed by atoms with Crippen molar-refractivity contribution >= 4 is 5.91 Å². The highest BCUT2D eigenvalue weighted by atomic mass is 16.2. The van der Waals surface area contributed by atoms with E-state index in [1.807, 2.05) is 13.0 Å². The SMILES string of the molecule is Cc1cncc(C(=O)N(C)CCCCCO)c1. The number of carbonyl (C=O) groups is 1. The van der Waals surface area contributed by atoms with Crippen LogP contribution in [0.1, 0.15) is 35.2 Å². The predicted molar refractivity (Wildman–Crippen MR) is 66.9 cm³/mol. The van der Waals surface area contributed by atoms with Gasteiger partial charge in [-0.05, 0) is 37.8 Å². The summed E-state index contributed by atoms with van der Waals surface area (Å²) in [6, 6.07) is 1.85. The lowest BCUT2D eigenvalue weighted by Crippen LogP contribution is -2.27. The molecule has 17 heavy (non-hydrogen) atoms. The minimum Gasteiger partial charge on any atom is -0.396 e. The third-order valence-electron chi connectivity index (χ3n) is 2.62. The maximum Gasteiger partial charge on any atom is 0.255 e. The molecule has 0 radical (unpaired) electrons. The second kappa shape index (κ2) is 7.01. The number of aliphatic hydroxyl groups excluding tert-OH is 1. The van der Waals surface area contributed by atoms with Gasteiger partial charge in [-0.1, -0.05) is 0 Å². The number of aliphatic hydroxyl groups is 1. The number of amides is 1. The minimum atomic E-state index is 0.00481. The van der Waals surface area contributed by atoms with Crippen LogP contribution in [0, 0.1) is 6.92 Å². The maximum atomic E-state index is 12.0. The molecule has 1 amide bonds. The predicted octanol–water partition coefficient (Wildman–Crippen LogP) is 1.62. The number of carbonyl (C=O) groups excluding carboxylic acids is 1. The molecule has 1 aromatic rings. The molecule has 0 fully saturated rings. The molecule has 1 N–H and O–H groups in total. The molecule has 0 aliphatic carbocycles. The van der Waals surface area contributed by atoms with Gasteiger partial charge in [0.15, 0.2) is 0 Å². The Balaban J connectivity index is 2.46. The van der Waals surface area contributed by atoms with Crippen LogP contribution in [0.5, 0.6) is 0 Å². The Morgan fingerprint density at radius 2 is 2.12 bits per heavy atom. The Morgan fingerprint density at radius 3 is 2.76 bits per heavy atom. The molecule has 0 saturated heterocycles. The van der Waals surface area contributed by atoms with Gasteiger partial charge in [-0.3, -0.25) is 9.78 Å². The Labute approximate surface area is 102 Å². The zero-order valence-corrected chi connectivity index (χ0v) is 10.5. The van der Waals surface area contributed by atoms with Crippen LogP contribution >= 0.6 is 0 Å². The van der Waals surface area contributed by atoms with Crippen molar-refractivity contribution in [3.8, 4) is 0 Å². The van der Waals surface area contributed by atoms with Crippen molar-refractivity contribution < 1.29 is 9.90 Å². The lowest BCUT2D eigenvalue weighted by Gasteiger charge is -2.17. The van der Waals surface area contributed by atoms with Crippen LogP contribution in [0.3, 0.4) is 0 Å². The lowest BCUT2D eigenvalue weighted by atomic mass is 10.2. The van der Waals surface area contributed by atoms with E-state index < -0.39 is 0 Å². The molecule has 0 aromatic carbocycles. The maximum absolute atomic E-state index is 12.0. The molecule has 0 aliphatic rings. The van der Waals surface area contributed by atoms with E-state index in [2.05, 4.69) is 4.98 Å². The average Bonchev–Trinajstić information content (AvgIpc) is 2.33. The Kier molecular flexibility index (Phi) is 5.63. The fourth-order valence-corrected chi connectivity index (χ4v) is 1.63. The molecule has 0 unspecified atom stereocenters. The molecule has 0 atom stereocenters. The summed E-state index contributed by atoms with van der Waals surface area (Å²) in [4.78, 5) is 17.7. The number of rotatable bonds is 6. The molecule has 1 aromatic heterocycles. The molecule has 0 aliphatic heterocycles. The van der Waals surface area contributed by atoms with Crippen LogP contribution in [-0.2, 0) is 0 Å². The molecule has 0 saturated carbocycles. The minimum absolute atomic E-state index is 0.00481. The Bertz CT molecular complexity index is 366. The van der Waals surface area contributed by atoms with Gasteiger partial charge < -0.3 is 10.0 Å². The van der Waals surface area contributed by atoms with Gasteiger partial charge >= 0.3 is 0 Å². The largest absolute Gasteiger partial charge is 0.396 e. The molecule has 0 spiro atoms. The zero-order chi connectivity index (χ0) is 12.7. The van der Waals surface area contributed by atoms with Crippen LogP contribution < -0.4 is 0 Å². The first-order valence-corrected chi connectivity index (χ1v) is 5.93. The number of hydrogen-bond acceptors (Lipinski definition) is 3. The van der Waals surface area contributed by atoms with E-state index in [1.54, 1.807) is 24.3 Å². The molecule has 94 valence electrons. The van der Waals surface area contributed by atoms with Crippen LogP contribution in [0.15, 0.2) is 18.5 Å². The average molecular weight is 236 g/mol. The van der Waals surface area contributed by atoms with E-state index in [0.717, 1.165) is 24.8 Å². The summed E-state index contributed by atoms with van der Waals surface area (Å²) in [6.07, 6.45) is 5.99. The van der Waals surface area contributed by atoms with Crippen LogP contribution in [-0.4, -0.2) is 41.1 Å². The van der Waals surface area contributed by atoms with Crippen molar-refractivity contribution in [1.82, 2.24) is 9.88 Å². The summed E-state index contributed by atoms with van der Waals surface area (Å²) in [5.74, 6) is 0.00481. The number of pyridine rings is 1. The van der Waals surface area contributed by atoms with Gasteiger partial charge in [-0.2, -0.15) is 0 Å². The molecule has 1 rings (SSSR count). The normalized spacial score (nSPS) is 10.3. The van der Waals surface area contributed by atoms with Gasteiger partial charge in [0.25, 0.3) is 5.91 Å². The molecule has 4 nitrogen and oxygen atoms in total. The van der Waals surface area contributed by atoms with Gasteiger partial charge in [-0.15, -0.1) is 0 Å². The number of unbranched alkanes of at least 4 members (excludes halogenated alkanes) is 2. The standard InChI is InChI=1S/C13H20N2O2/c1-11-8-12(10-14-9-11)13(17)15(2)6-4-3-5-7-16/h8-10,16H,3-7H2,1-2H3. The monoisotopic (exact) mass is 236 g/mol. The summed E-state index contributed by atoms with van der Waals surface area (Å²) in [5, 5.41) is 8.66. The molecule has 0 bridgehead atoms. The van der Waals surface area contributed by atoms with E-state index in [1.165, 1.54) is 0 Å². The first-order valence-electron chi connectivity index (χ1n) is 5.93. The van der Waals surface area contributed by atoms with Crippen molar-refractivity contribution in [2.45, 2.75) is 26.2 Å². The highest BCUT2D eigenvalue weighted by molar-refractivity contribution is 5.93. The van der Waals surface area contributed by atoms with Gasteiger partial charge in [0.2, 0.25) is 0 Å². The van der Waals surface area contributed by atoms with E-state index in [0.29, 0.717) is 12.1 Å². The summed E-state index contributed by atoms with van der Waals surface area (Å²) >= 11 is 0. The number of aromatic nitrogens is 1. The molecular weight excluding hydrogens is 216 g/mol. The second-order valence-corrected chi connectivity index (χ2v) is 4.26. The summed E-state index contributed by atoms with van der Waals surface area (Å²) < 4.78 is 0. The highest BCUT2D eigenvalue weighted by Gasteiger charge is 2.11. The van der Waals surface area contributed by atoms with Crippen molar-refractivity contribution in [1.29, 1.82) is 0 Å². The van der Waals surface area contributed by atoms with Crippen molar-refractivity contribution in [3.63, 3.8) is 0 Å². The van der Waals surface area contributed by atoms with E-state index >= 15 is 0 Å². The van der Waals surface area contributed by atoms with E-state index in [-0.39, 0.29) is 12.5 Å². The lowest BCUT2D eigenvalue weighted by molar-refractivity contribution is 0.0791. The van der Waals surface area contributed by atoms with Crippen molar-refractivity contribution in [2.24, 2.45) is 0 Å². The third kappa shape index (κ3) is 4.53. The fourth-order valence-electron chi connectivity index (χ4n) is 1.63. The summed E-state index contributed by atoms with van der Waals surface area (Å²) in [5.41, 5.74) is 1.62. The number of hydrogen-bond donors (Lipinski definition) is 1. The Morgan fingerprint density at radius 1 is 1.35 bits per heavy atom.